The number of nitrogens with zero attached hydrogens (tertiary/aromatic N) is 6. The summed E-state index contributed by atoms with van der Waals surface area (Å²) < 4.78 is 18.4. The van der Waals surface area contributed by atoms with E-state index in [4.69, 9.17) is 19.3 Å². The van der Waals surface area contributed by atoms with Crippen LogP contribution in [0, 0.1) is 0 Å². The van der Waals surface area contributed by atoms with Gasteiger partial charge < -0.3 is 43.5 Å². The number of rotatable bonds is 11. The molecule has 2 aliphatic heterocycles. The lowest BCUT2D eigenvalue weighted by Gasteiger charge is -2.46. The van der Waals surface area contributed by atoms with Crippen molar-refractivity contribution in [2.45, 2.75) is 45.4 Å². The van der Waals surface area contributed by atoms with Crippen LogP contribution >= 0.6 is 0 Å². The van der Waals surface area contributed by atoms with E-state index in [-0.39, 0.29) is 49.7 Å². The normalized spacial score (nSPS) is 19.6. The molecule has 0 spiro atoms. The Labute approximate surface area is 272 Å². The second-order valence-corrected chi connectivity index (χ2v) is 13.3. The molecule has 3 heterocycles. The van der Waals surface area contributed by atoms with Crippen LogP contribution in [0.15, 0.2) is 24.3 Å². The summed E-state index contributed by atoms with van der Waals surface area (Å²) in [7, 11) is 5.49. The minimum absolute atomic E-state index is 0.0145. The summed E-state index contributed by atoms with van der Waals surface area (Å²) in [4.78, 5) is 49.9. The molecule has 13 heteroatoms. The highest BCUT2D eigenvalue weighted by molar-refractivity contribution is 5.99. The van der Waals surface area contributed by atoms with Crippen molar-refractivity contribution in [3.05, 3.63) is 30.0 Å². The first-order chi connectivity index (χ1) is 21.8. The molecule has 13 nitrogen and oxygen atoms in total. The maximum Gasteiger partial charge on any atom is 0.410 e. The van der Waals surface area contributed by atoms with Gasteiger partial charge in [0, 0.05) is 82.9 Å². The Kier molecular flexibility index (Phi) is 11.9. The molecule has 1 aromatic heterocycles. The van der Waals surface area contributed by atoms with E-state index in [9.17, 15) is 14.4 Å². The number of fused-ring (bicyclic) bond motifs is 1. The first-order valence-electron chi connectivity index (χ1n) is 16.1. The second-order valence-electron chi connectivity index (χ2n) is 13.3. The van der Waals surface area contributed by atoms with E-state index in [2.05, 4.69) is 9.80 Å². The summed E-state index contributed by atoms with van der Waals surface area (Å²) in [6.45, 7) is 12.6. The van der Waals surface area contributed by atoms with Gasteiger partial charge in [-0.05, 0) is 52.9 Å². The fourth-order valence-electron chi connectivity index (χ4n) is 6.13. The summed E-state index contributed by atoms with van der Waals surface area (Å²) in [6.07, 6.45) is -0.351. The molecule has 2 saturated heterocycles. The smallest absolute Gasteiger partial charge is 0.410 e. The highest BCUT2D eigenvalue weighted by Crippen LogP contribution is 2.25. The van der Waals surface area contributed by atoms with Crippen molar-refractivity contribution in [1.82, 2.24) is 29.1 Å². The highest BCUT2D eigenvalue weighted by Gasteiger charge is 2.38. The molecule has 0 radical (unpaired) electrons. The molecule has 2 atom stereocenters. The number of hydrogen-bond donors (Lipinski definition) is 1. The molecule has 3 amide bonds. The zero-order valence-electron chi connectivity index (χ0n) is 28.5. The van der Waals surface area contributed by atoms with Crippen LogP contribution in [-0.4, -0.2) is 163 Å². The van der Waals surface area contributed by atoms with Crippen LogP contribution in [0.1, 0.15) is 38.2 Å². The highest BCUT2D eigenvalue weighted by atomic mass is 16.6. The third-order valence-corrected chi connectivity index (χ3v) is 8.69. The van der Waals surface area contributed by atoms with E-state index in [1.165, 1.54) is 0 Å². The first kappa shape index (κ1) is 35.5. The maximum absolute atomic E-state index is 13.6. The van der Waals surface area contributed by atoms with Crippen LogP contribution in [0.4, 0.5) is 4.79 Å². The third-order valence-electron chi connectivity index (χ3n) is 8.69. The van der Waals surface area contributed by atoms with Crippen molar-refractivity contribution in [3.8, 4) is 5.75 Å². The lowest BCUT2D eigenvalue weighted by Crippen LogP contribution is -2.63. The fraction of sp³-hybridized carbons (Fsp3) is 0.667. The summed E-state index contributed by atoms with van der Waals surface area (Å²) >= 11 is 0. The Morgan fingerprint density at radius 1 is 1.02 bits per heavy atom. The lowest BCUT2D eigenvalue weighted by atomic mass is 10.1. The quantitative estimate of drug-likeness (QED) is 0.365. The Hall–Kier alpha value is -3.39. The molecule has 1 N–H and O–H groups in total. The topological polar surface area (TPSA) is 120 Å². The summed E-state index contributed by atoms with van der Waals surface area (Å²) in [6, 6.07) is 7.44. The van der Waals surface area contributed by atoms with Gasteiger partial charge in [0.05, 0.1) is 39.0 Å². The average Bonchev–Trinajstić information content (AvgIpc) is 3.34. The van der Waals surface area contributed by atoms with Crippen molar-refractivity contribution >= 4 is 28.8 Å². The van der Waals surface area contributed by atoms with Crippen LogP contribution in [0.3, 0.4) is 0 Å². The molecule has 1 aromatic carbocycles. The van der Waals surface area contributed by atoms with Crippen molar-refractivity contribution in [2.75, 3.05) is 92.9 Å². The molecule has 46 heavy (non-hydrogen) atoms. The SMILES string of the molecule is COc1ccc2cc(C(=O)N3CCN(C(=O)CN4C[C@H](C)N(C(=O)OC(C)(C)C)C[C@@H]4CN(C)CCOCCO)CC3)n(C)c2c1. The van der Waals surface area contributed by atoms with Gasteiger partial charge in [-0.25, -0.2) is 4.79 Å². The van der Waals surface area contributed by atoms with E-state index < -0.39 is 5.60 Å². The predicted octanol–water partition coefficient (Wildman–Crippen LogP) is 1.72. The molecule has 0 unspecified atom stereocenters. The van der Waals surface area contributed by atoms with Crippen molar-refractivity contribution in [2.24, 2.45) is 7.05 Å². The number of aromatic nitrogens is 1. The zero-order valence-corrected chi connectivity index (χ0v) is 28.5. The average molecular weight is 645 g/mol. The zero-order chi connectivity index (χ0) is 33.6. The molecule has 0 aliphatic carbocycles. The van der Waals surface area contributed by atoms with Crippen molar-refractivity contribution in [1.29, 1.82) is 0 Å². The maximum atomic E-state index is 13.6. The number of aliphatic hydroxyl groups is 1. The molecule has 4 rings (SSSR count). The van der Waals surface area contributed by atoms with Crippen LogP contribution in [0.5, 0.6) is 5.75 Å². The molecule has 2 aromatic rings. The van der Waals surface area contributed by atoms with Gasteiger partial charge in [-0.2, -0.15) is 0 Å². The molecular weight excluding hydrogens is 592 g/mol. The standard InChI is InChI=1S/C33H52N6O7/c1-24-20-38(26(21-34(5)14-16-45-17-15-40)22-39(24)32(43)46-33(2,3)4)23-30(41)36-10-12-37(13-11-36)31(42)29-18-25-8-9-27(44-7)19-28(25)35(29)6/h8-9,18-19,24,26,40H,10-17,20-23H2,1-7H3/t24-,26-/m0/s1. The summed E-state index contributed by atoms with van der Waals surface area (Å²) in [5, 5.41) is 9.97. The lowest BCUT2D eigenvalue weighted by molar-refractivity contribution is -0.135. The molecule has 256 valence electrons. The number of aliphatic hydroxyl groups excluding tert-OH is 1. The second kappa shape index (κ2) is 15.5. The monoisotopic (exact) mass is 644 g/mol. The molecular formula is C33H52N6O7. The predicted molar refractivity (Wildman–Crippen MR) is 175 cm³/mol. The van der Waals surface area contributed by atoms with Gasteiger partial charge in [0.15, 0.2) is 0 Å². The van der Waals surface area contributed by atoms with E-state index >= 15 is 0 Å². The van der Waals surface area contributed by atoms with Crippen LogP contribution in [0.25, 0.3) is 10.9 Å². The number of amides is 3. The van der Waals surface area contributed by atoms with E-state index in [1.807, 2.05) is 80.4 Å². The Morgan fingerprint density at radius 2 is 1.72 bits per heavy atom. The van der Waals surface area contributed by atoms with Gasteiger partial charge in [0.2, 0.25) is 5.91 Å². The molecule has 0 saturated carbocycles. The Balaban J connectivity index is 1.38. The number of carbonyl (C=O) groups is 3. The summed E-state index contributed by atoms with van der Waals surface area (Å²) in [5.41, 5.74) is 0.925. The number of benzene rings is 1. The third kappa shape index (κ3) is 8.90. The number of carbonyl (C=O) groups excluding carboxylic acids is 3. The Morgan fingerprint density at radius 3 is 2.37 bits per heavy atom. The summed E-state index contributed by atoms with van der Waals surface area (Å²) in [5.74, 6) is 0.699. The molecule has 2 fully saturated rings. The van der Waals surface area contributed by atoms with Gasteiger partial charge in [0.1, 0.15) is 17.0 Å². The van der Waals surface area contributed by atoms with E-state index in [0.29, 0.717) is 64.7 Å². The minimum Gasteiger partial charge on any atom is -0.497 e. The van der Waals surface area contributed by atoms with Crippen LogP contribution in [-0.2, 0) is 21.3 Å². The Bertz CT molecular complexity index is 1350. The van der Waals surface area contributed by atoms with Crippen molar-refractivity contribution < 1.29 is 33.7 Å². The number of methoxy groups -OCH3 is 1. The van der Waals surface area contributed by atoms with Gasteiger partial charge in [-0.15, -0.1) is 0 Å². The van der Waals surface area contributed by atoms with Crippen LogP contribution < -0.4 is 4.74 Å². The number of ether oxygens (including phenoxy) is 3. The van der Waals surface area contributed by atoms with E-state index in [0.717, 1.165) is 16.7 Å². The molecule has 0 bridgehead atoms. The molecule has 2 aliphatic rings. The number of hydrogen-bond acceptors (Lipinski definition) is 9. The largest absolute Gasteiger partial charge is 0.497 e. The number of aryl methyl sites for hydroxylation is 1. The van der Waals surface area contributed by atoms with E-state index in [1.54, 1.807) is 12.0 Å². The van der Waals surface area contributed by atoms with Crippen molar-refractivity contribution in [3.63, 3.8) is 0 Å². The minimum atomic E-state index is -0.606. The fourth-order valence-corrected chi connectivity index (χ4v) is 6.13. The number of piperazine rings is 2. The first-order valence-corrected chi connectivity index (χ1v) is 16.1. The number of likely N-dealkylation sites (N-methyl/N-ethyl adjacent to an activating group) is 1. The van der Waals surface area contributed by atoms with Gasteiger partial charge >= 0.3 is 6.09 Å². The van der Waals surface area contributed by atoms with Crippen LogP contribution in [0.2, 0.25) is 0 Å². The van der Waals surface area contributed by atoms with Gasteiger partial charge in [-0.1, -0.05) is 0 Å². The van der Waals surface area contributed by atoms with Gasteiger partial charge in [0.25, 0.3) is 5.91 Å². The van der Waals surface area contributed by atoms with Gasteiger partial charge in [-0.3, -0.25) is 14.5 Å².